The topological polar surface area (TPSA) is 90.2 Å². The fourth-order valence-electron chi connectivity index (χ4n) is 1.60. The number of ketones is 1. The van der Waals surface area contributed by atoms with Gasteiger partial charge in [0.2, 0.25) is 5.91 Å². The van der Waals surface area contributed by atoms with Gasteiger partial charge in [-0.3, -0.25) is 14.8 Å². The van der Waals surface area contributed by atoms with Crippen molar-refractivity contribution in [2.45, 2.75) is 19.8 Å². The summed E-state index contributed by atoms with van der Waals surface area (Å²) in [7, 11) is 0. The highest BCUT2D eigenvalue weighted by molar-refractivity contribution is 6.39. The third-order valence-corrected chi connectivity index (χ3v) is 2.59. The van der Waals surface area contributed by atoms with Gasteiger partial charge in [0.1, 0.15) is 0 Å². The van der Waals surface area contributed by atoms with Crippen molar-refractivity contribution in [1.82, 2.24) is 5.48 Å². The summed E-state index contributed by atoms with van der Waals surface area (Å²) < 4.78 is 0. The van der Waals surface area contributed by atoms with Crippen LogP contribution in [0.1, 0.15) is 18.9 Å². The van der Waals surface area contributed by atoms with Crippen molar-refractivity contribution in [3.63, 3.8) is 0 Å². The van der Waals surface area contributed by atoms with E-state index in [0.29, 0.717) is 0 Å². The Hall–Kier alpha value is -2.01. The third kappa shape index (κ3) is 4.10. The van der Waals surface area contributed by atoms with Crippen LogP contribution in [-0.4, -0.2) is 22.6 Å². The lowest BCUT2D eigenvalue weighted by Crippen LogP contribution is -2.28. The Balaban J connectivity index is 2.56. The molecule has 0 aromatic heterocycles. The van der Waals surface area contributed by atoms with Crippen LogP contribution in [0.25, 0.3) is 0 Å². The van der Waals surface area contributed by atoms with E-state index in [1.807, 2.05) is 30.3 Å². The Morgan fingerprint density at radius 3 is 2.50 bits per heavy atom. The summed E-state index contributed by atoms with van der Waals surface area (Å²) in [6.45, 7) is 1.57. The van der Waals surface area contributed by atoms with Crippen molar-refractivity contribution in [3.05, 3.63) is 35.9 Å². The van der Waals surface area contributed by atoms with Gasteiger partial charge in [-0.2, -0.15) is 0 Å². The zero-order chi connectivity index (χ0) is 13.5. The molecule has 0 bridgehead atoms. The molecule has 0 radical (unpaired) electrons. The van der Waals surface area contributed by atoms with Gasteiger partial charge in [-0.1, -0.05) is 37.3 Å². The van der Waals surface area contributed by atoms with E-state index >= 15 is 0 Å². The van der Waals surface area contributed by atoms with Gasteiger partial charge in [0.25, 0.3) is 0 Å². The first kappa shape index (κ1) is 14.1. The number of carbonyl (C=O) groups excluding carboxylic acids is 2. The Labute approximate surface area is 105 Å². The molecular weight excluding hydrogens is 232 g/mol. The maximum Gasteiger partial charge on any atom is 0.244 e. The van der Waals surface area contributed by atoms with Crippen LogP contribution in [0, 0.1) is 11.3 Å². The standard InChI is InChI=1S/C13H16N2O3/c1-9(7-12(16)15-18)13(17)11(14)8-10-5-3-2-4-6-10/h2-6,9,14,18H,7-8H2,1H3,(H,15,16). The molecule has 0 saturated carbocycles. The minimum absolute atomic E-state index is 0.0283. The predicted molar refractivity (Wildman–Crippen MR) is 66.6 cm³/mol. The van der Waals surface area contributed by atoms with Gasteiger partial charge >= 0.3 is 0 Å². The van der Waals surface area contributed by atoms with Gasteiger partial charge in [-0.15, -0.1) is 0 Å². The average Bonchev–Trinajstić information content (AvgIpc) is 2.38. The van der Waals surface area contributed by atoms with Crippen molar-refractivity contribution in [1.29, 1.82) is 5.41 Å². The fourth-order valence-corrected chi connectivity index (χ4v) is 1.60. The molecule has 18 heavy (non-hydrogen) atoms. The lowest BCUT2D eigenvalue weighted by atomic mass is 9.95. The highest BCUT2D eigenvalue weighted by Gasteiger charge is 2.20. The highest BCUT2D eigenvalue weighted by Crippen LogP contribution is 2.08. The Kier molecular flexibility index (Phi) is 5.20. The zero-order valence-electron chi connectivity index (χ0n) is 10.1. The summed E-state index contributed by atoms with van der Waals surface area (Å²) in [5, 5.41) is 16.1. The molecule has 1 atom stereocenters. The summed E-state index contributed by atoms with van der Waals surface area (Å²) >= 11 is 0. The molecule has 1 aromatic carbocycles. The molecule has 96 valence electrons. The first-order valence-corrected chi connectivity index (χ1v) is 5.63. The van der Waals surface area contributed by atoms with E-state index in [1.54, 1.807) is 6.92 Å². The molecule has 1 rings (SSSR count). The predicted octanol–water partition coefficient (Wildman–Crippen LogP) is 1.35. The van der Waals surface area contributed by atoms with Crippen LogP contribution in [0.3, 0.4) is 0 Å². The summed E-state index contributed by atoms with van der Waals surface area (Å²) in [6.07, 6.45) is 0.136. The van der Waals surface area contributed by atoms with Gasteiger partial charge in [0.05, 0.1) is 5.71 Å². The van der Waals surface area contributed by atoms with Crippen LogP contribution >= 0.6 is 0 Å². The van der Waals surface area contributed by atoms with Gasteiger partial charge < -0.3 is 5.41 Å². The molecule has 3 N–H and O–H groups in total. The lowest BCUT2D eigenvalue weighted by molar-refractivity contribution is -0.132. The smallest absolute Gasteiger partial charge is 0.244 e. The molecule has 0 spiro atoms. The number of hydrogen-bond donors (Lipinski definition) is 3. The summed E-state index contributed by atoms with van der Waals surface area (Å²) in [5.74, 6) is -1.60. The number of Topliss-reactive ketones (excluding diaryl/α,β-unsaturated/α-hetero) is 1. The minimum Gasteiger partial charge on any atom is -0.301 e. The summed E-state index contributed by atoms with van der Waals surface area (Å²) in [6, 6.07) is 9.23. The Bertz CT molecular complexity index is 443. The van der Waals surface area contributed by atoms with E-state index in [-0.39, 0.29) is 24.3 Å². The molecule has 5 nitrogen and oxygen atoms in total. The number of hydroxylamine groups is 1. The first-order chi connectivity index (χ1) is 8.54. The molecule has 0 heterocycles. The van der Waals surface area contributed by atoms with Crippen molar-refractivity contribution in [3.8, 4) is 0 Å². The fraction of sp³-hybridized carbons (Fsp3) is 0.308. The molecule has 1 amide bonds. The summed E-state index contributed by atoms with van der Waals surface area (Å²) in [5.41, 5.74) is 2.33. The number of carbonyl (C=O) groups is 2. The normalized spacial score (nSPS) is 11.7. The van der Waals surface area contributed by atoms with Crippen LogP contribution < -0.4 is 5.48 Å². The van der Waals surface area contributed by atoms with Crippen molar-refractivity contribution in [2.75, 3.05) is 0 Å². The van der Waals surface area contributed by atoms with Gasteiger partial charge in [0.15, 0.2) is 5.78 Å². The molecule has 0 saturated heterocycles. The monoisotopic (exact) mass is 248 g/mol. The second-order valence-electron chi connectivity index (χ2n) is 4.15. The third-order valence-electron chi connectivity index (χ3n) is 2.59. The molecule has 1 aromatic rings. The first-order valence-electron chi connectivity index (χ1n) is 5.63. The SMILES string of the molecule is CC(CC(=O)NO)C(=O)C(=N)Cc1ccccc1. The van der Waals surface area contributed by atoms with E-state index in [0.717, 1.165) is 5.56 Å². The number of nitrogens with one attached hydrogen (secondary N) is 2. The van der Waals surface area contributed by atoms with E-state index in [4.69, 9.17) is 10.6 Å². The second kappa shape index (κ2) is 6.66. The largest absolute Gasteiger partial charge is 0.301 e. The number of amides is 1. The maximum absolute atomic E-state index is 11.8. The minimum atomic E-state index is -0.622. The van der Waals surface area contributed by atoms with Crippen LogP contribution in [-0.2, 0) is 16.0 Å². The molecule has 0 aliphatic heterocycles. The highest BCUT2D eigenvalue weighted by atomic mass is 16.5. The molecular formula is C13H16N2O3. The molecule has 1 unspecified atom stereocenters. The van der Waals surface area contributed by atoms with E-state index in [9.17, 15) is 9.59 Å². The Morgan fingerprint density at radius 2 is 1.94 bits per heavy atom. The number of benzene rings is 1. The molecule has 0 fully saturated rings. The number of hydrogen-bond acceptors (Lipinski definition) is 4. The van der Waals surface area contributed by atoms with Gasteiger partial charge in [-0.05, 0) is 5.56 Å². The van der Waals surface area contributed by atoms with Gasteiger partial charge in [-0.25, -0.2) is 5.48 Å². The van der Waals surface area contributed by atoms with Crippen LogP contribution in [0.15, 0.2) is 30.3 Å². The van der Waals surface area contributed by atoms with Gasteiger partial charge in [0, 0.05) is 18.8 Å². The Morgan fingerprint density at radius 1 is 1.33 bits per heavy atom. The molecule has 0 aliphatic rings. The van der Waals surface area contributed by atoms with Crippen LogP contribution in [0.4, 0.5) is 0 Å². The zero-order valence-corrected chi connectivity index (χ0v) is 10.1. The lowest BCUT2D eigenvalue weighted by Gasteiger charge is -2.10. The van der Waals surface area contributed by atoms with Crippen LogP contribution in [0.5, 0.6) is 0 Å². The van der Waals surface area contributed by atoms with Crippen molar-refractivity contribution < 1.29 is 14.8 Å². The van der Waals surface area contributed by atoms with E-state index in [2.05, 4.69) is 0 Å². The molecule has 5 heteroatoms. The van der Waals surface area contributed by atoms with Crippen molar-refractivity contribution in [2.24, 2.45) is 5.92 Å². The second-order valence-corrected chi connectivity index (χ2v) is 4.15. The van der Waals surface area contributed by atoms with Crippen molar-refractivity contribution >= 4 is 17.4 Å². The average molecular weight is 248 g/mol. The number of rotatable bonds is 6. The summed E-state index contributed by atoms with van der Waals surface area (Å²) in [4.78, 5) is 22.7. The molecule has 0 aliphatic carbocycles. The van der Waals surface area contributed by atoms with E-state index < -0.39 is 11.8 Å². The maximum atomic E-state index is 11.8. The van der Waals surface area contributed by atoms with E-state index in [1.165, 1.54) is 5.48 Å². The quantitative estimate of drug-likeness (QED) is 0.403. The van der Waals surface area contributed by atoms with Crippen LogP contribution in [0.2, 0.25) is 0 Å².